The maximum absolute atomic E-state index is 13.0. The number of benzene rings is 1. The molecule has 0 fully saturated rings. The number of rotatable bonds is 9. The molecule has 3 rings (SSSR count). The summed E-state index contributed by atoms with van der Waals surface area (Å²) in [6.07, 6.45) is 0.715. The van der Waals surface area contributed by atoms with E-state index in [1.54, 1.807) is 6.07 Å². The van der Waals surface area contributed by atoms with Crippen molar-refractivity contribution in [3.8, 4) is 17.1 Å². The van der Waals surface area contributed by atoms with Crippen molar-refractivity contribution in [1.29, 1.82) is 0 Å². The number of carboxylic acids is 1. The van der Waals surface area contributed by atoms with Gasteiger partial charge in [0.25, 0.3) is 10.0 Å². The summed E-state index contributed by atoms with van der Waals surface area (Å²) in [6, 6.07) is 10.8. The van der Waals surface area contributed by atoms with E-state index in [4.69, 9.17) is 15.6 Å². The van der Waals surface area contributed by atoms with E-state index in [-0.39, 0.29) is 42.3 Å². The minimum absolute atomic E-state index is 0. The Morgan fingerprint density at radius 1 is 1.08 bits per heavy atom. The van der Waals surface area contributed by atoms with Crippen LogP contribution >= 0.6 is 12.4 Å². The molecule has 0 aliphatic heterocycles. The highest BCUT2D eigenvalue weighted by Crippen LogP contribution is 2.29. The second-order valence-electron chi connectivity index (χ2n) is 9.79. The predicted molar refractivity (Wildman–Crippen MR) is 144 cm³/mol. The van der Waals surface area contributed by atoms with Gasteiger partial charge in [-0.25, -0.2) is 19.5 Å². The summed E-state index contributed by atoms with van der Waals surface area (Å²) in [6.45, 7) is 10.3. The van der Waals surface area contributed by atoms with Crippen LogP contribution in [0.3, 0.4) is 0 Å². The Hall–Kier alpha value is -3.28. The number of hydrogen-bond acceptors (Lipinski definition) is 8. The molecule has 1 atom stereocenters. The van der Waals surface area contributed by atoms with E-state index < -0.39 is 26.7 Å². The molecule has 200 valence electrons. The molecule has 2 aromatic heterocycles. The number of carboxylic acid groups (broad SMARTS) is 1. The number of sulfonamides is 1. The molecule has 2 heterocycles. The minimum atomic E-state index is -4.29. The highest BCUT2D eigenvalue weighted by Gasteiger charge is 2.22. The summed E-state index contributed by atoms with van der Waals surface area (Å²) in [5.74, 6) is -1.43. The fourth-order valence-corrected chi connectivity index (χ4v) is 4.70. The molecule has 0 unspecified atom stereocenters. The minimum Gasteiger partial charge on any atom is -0.477 e. The first kappa shape index (κ1) is 29.9. The van der Waals surface area contributed by atoms with Crippen LogP contribution in [-0.4, -0.2) is 47.1 Å². The lowest BCUT2D eigenvalue weighted by molar-refractivity contribution is 0.0689. The maximum Gasteiger partial charge on any atom is 0.354 e. The summed E-state index contributed by atoms with van der Waals surface area (Å²) in [5.41, 5.74) is 8.99. The van der Waals surface area contributed by atoms with Crippen LogP contribution < -0.4 is 15.2 Å². The van der Waals surface area contributed by atoms with Crippen molar-refractivity contribution in [2.75, 3.05) is 11.3 Å². The van der Waals surface area contributed by atoms with Crippen molar-refractivity contribution < 1.29 is 23.1 Å². The van der Waals surface area contributed by atoms with Crippen LogP contribution in [0.2, 0.25) is 0 Å². The Labute approximate surface area is 223 Å². The average Bonchev–Trinajstić information content (AvgIpc) is 2.76. The molecule has 0 aliphatic carbocycles. The zero-order valence-electron chi connectivity index (χ0n) is 21.3. The first-order valence-corrected chi connectivity index (χ1v) is 12.8. The fraction of sp³-hybridized carbons (Fsp3) is 0.360. The largest absolute Gasteiger partial charge is 0.477 e. The summed E-state index contributed by atoms with van der Waals surface area (Å²) >= 11 is 0. The molecule has 3 aromatic rings. The van der Waals surface area contributed by atoms with Crippen molar-refractivity contribution >= 4 is 34.3 Å². The van der Waals surface area contributed by atoms with Crippen LogP contribution in [0.4, 0.5) is 5.95 Å². The zero-order valence-corrected chi connectivity index (χ0v) is 23.0. The van der Waals surface area contributed by atoms with Crippen LogP contribution in [0.25, 0.3) is 11.3 Å². The number of carbonyl (C=O) groups is 1. The summed E-state index contributed by atoms with van der Waals surface area (Å²) in [4.78, 5) is 23.6. The van der Waals surface area contributed by atoms with Crippen molar-refractivity contribution in [1.82, 2.24) is 15.0 Å². The third-order valence-corrected chi connectivity index (χ3v) is 6.43. The second kappa shape index (κ2) is 11.8. The molecule has 0 saturated heterocycles. The maximum atomic E-state index is 13.0. The first-order chi connectivity index (χ1) is 16.7. The Balaban J connectivity index is 0.00000481. The highest BCUT2D eigenvalue weighted by atomic mass is 35.5. The molecule has 1 aromatic carbocycles. The molecule has 10 nitrogen and oxygen atoms in total. The van der Waals surface area contributed by atoms with E-state index in [0.29, 0.717) is 12.1 Å². The Morgan fingerprint density at radius 2 is 1.70 bits per heavy atom. The van der Waals surface area contributed by atoms with E-state index in [1.165, 1.54) is 18.2 Å². The number of hydrogen-bond donors (Lipinski definition) is 3. The van der Waals surface area contributed by atoms with Crippen molar-refractivity contribution in [2.45, 2.75) is 52.1 Å². The lowest BCUT2D eigenvalue weighted by Crippen LogP contribution is -2.32. The predicted octanol–water partition coefficient (Wildman–Crippen LogP) is 4.22. The van der Waals surface area contributed by atoms with Gasteiger partial charge < -0.3 is 15.6 Å². The van der Waals surface area contributed by atoms with Crippen molar-refractivity contribution in [2.24, 2.45) is 11.1 Å². The van der Waals surface area contributed by atoms with Gasteiger partial charge in [0.1, 0.15) is 12.3 Å². The summed E-state index contributed by atoms with van der Waals surface area (Å²) < 4.78 is 34.1. The third-order valence-electron chi connectivity index (χ3n) is 5.20. The molecule has 12 heteroatoms. The quantitative estimate of drug-likeness (QED) is 0.355. The highest BCUT2D eigenvalue weighted by molar-refractivity contribution is 7.92. The van der Waals surface area contributed by atoms with Gasteiger partial charge in [0.2, 0.25) is 11.8 Å². The number of nitrogens with one attached hydrogen (secondary N) is 1. The Bertz CT molecular complexity index is 1360. The first-order valence-electron chi connectivity index (χ1n) is 11.3. The van der Waals surface area contributed by atoms with Crippen molar-refractivity contribution in [3.63, 3.8) is 0 Å². The third kappa shape index (κ3) is 8.11. The fourth-order valence-electron chi connectivity index (χ4n) is 3.79. The molecule has 0 aliphatic rings. The van der Waals surface area contributed by atoms with Crippen LogP contribution in [0.5, 0.6) is 5.88 Å². The van der Waals surface area contributed by atoms with E-state index in [2.05, 4.69) is 40.4 Å². The second-order valence-corrected chi connectivity index (χ2v) is 11.4. The number of anilines is 1. The molecule has 0 bridgehead atoms. The van der Waals surface area contributed by atoms with Crippen LogP contribution in [0.1, 0.15) is 48.8 Å². The lowest BCUT2D eigenvalue weighted by Gasteiger charge is -2.23. The number of aromatic nitrogens is 3. The molecule has 0 radical (unpaired) electrons. The normalized spacial score (nSPS) is 12.4. The van der Waals surface area contributed by atoms with Crippen LogP contribution in [-0.2, 0) is 10.0 Å². The van der Waals surface area contributed by atoms with Gasteiger partial charge in [0, 0.05) is 17.7 Å². The molecule has 37 heavy (non-hydrogen) atoms. The topological polar surface area (TPSA) is 157 Å². The Kier molecular flexibility index (Phi) is 9.59. The van der Waals surface area contributed by atoms with Crippen LogP contribution in [0, 0.1) is 19.3 Å². The number of pyridine rings is 1. The number of aryl methyl sites for hydroxylation is 2. The van der Waals surface area contributed by atoms with Crippen molar-refractivity contribution in [3.05, 3.63) is 59.3 Å². The zero-order chi connectivity index (χ0) is 26.7. The molecule has 4 N–H and O–H groups in total. The van der Waals surface area contributed by atoms with Gasteiger partial charge in [-0.15, -0.1) is 12.4 Å². The number of aromatic carboxylic acids is 1. The van der Waals surface area contributed by atoms with Gasteiger partial charge in [0.05, 0.1) is 5.69 Å². The van der Waals surface area contributed by atoms with E-state index in [1.807, 2.05) is 32.0 Å². The molecular formula is C25H32ClN5O5S. The smallest absolute Gasteiger partial charge is 0.354 e. The average molecular weight is 550 g/mol. The Morgan fingerprint density at radius 3 is 2.30 bits per heavy atom. The van der Waals surface area contributed by atoms with Gasteiger partial charge in [0.15, 0.2) is 5.03 Å². The van der Waals surface area contributed by atoms with E-state index >= 15 is 0 Å². The van der Waals surface area contributed by atoms with E-state index in [0.717, 1.165) is 16.7 Å². The molecular weight excluding hydrogens is 518 g/mol. The molecule has 0 saturated carbocycles. The standard InChI is InChI=1S/C25H31N5O5S.ClH/c1-15-8-6-9-16(2)22(15)19-12-20(35-14-17(26)13-25(3,4)5)29-24(28-19)30-36(33,34)21-11-7-10-18(27-21)23(31)32;/h6-12,17H,13-14,26H2,1-5H3,(H,31,32)(H,28,29,30);1H/t17-;/m1./s1. The van der Waals surface area contributed by atoms with Crippen LogP contribution in [0.15, 0.2) is 47.5 Å². The number of ether oxygens (including phenoxy) is 1. The summed E-state index contributed by atoms with van der Waals surface area (Å²) in [5, 5.41) is 8.69. The van der Waals surface area contributed by atoms with Gasteiger partial charge in [-0.1, -0.05) is 45.0 Å². The number of nitrogens with two attached hydrogens (primary N) is 1. The SMILES string of the molecule is Cc1cccc(C)c1-c1cc(OC[C@H](N)CC(C)(C)C)nc(NS(=O)(=O)c2cccc(C(=O)O)n2)n1.Cl. The molecule has 0 spiro atoms. The lowest BCUT2D eigenvalue weighted by atomic mass is 9.89. The van der Waals surface area contributed by atoms with Gasteiger partial charge >= 0.3 is 5.97 Å². The van der Waals surface area contributed by atoms with E-state index in [9.17, 15) is 13.2 Å². The monoisotopic (exact) mass is 549 g/mol. The van der Waals surface area contributed by atoms with Gasteiger partial charge in [-0.2, -0.15) is 13.4 Å². The number of nitrogens with zero attached hydrogens (tertiary/aromatic N) is 3. The van der Waals surface area contributed by atoms with Gasteiger partial charge in [-0.3, -0.25) is 0 Å². The number of halogens is 1. The van der Waals surface area contributed by atoms with Gasteiger partial charge in [-0.05, 0) is 48.9 Å². The summed E-state index contributed by atoms with van der Waals surface area (Å²) in [7, 11) is -4.29. The molecule has 0 amide bonds.